The van der Waals surface area contributed by atoms with E-state index in [1.807, 2.05) is 12.1 Å². The smallest absolute Gasteiger partial charge is 0.125 e. The number of hydrogen-bond acceptors (Lipinski definition) is 3. The first-order valence-electron chi connectivity index (χ1n) is 6.90. The molecule has 0 aliphatic rings. The summed E-state index contributed by atoms with van der Waals surface area (Å²) in [5.74, 6) is 2.02. The number of benzene rings is 2. The molecule has 0 heterocycles. The minimum absolute atomic E-state index is 0.151. The minimum atomic E-state index is 0.151. The maximum Gasteiger partial charge on any atom is 0.125 e. The van der Waals surface area contributed by atoms with Gasteiger partial charge in [-0.25, -0.2) is 0 Å². The molecule has 0 amide bonds. The van der Waals surface area contributed by atoms with Gasteiger partial charge < -0.3 is 5.73 Å². The number of nitrogens with one attached hydrogen (secondary N) is 1. The predicted octanol–water partition coefficient (Wildman–Crippen LogP) is 4.68. The molecule has 0 aromatic heterocycles. The fourth-order valence-corrected chi connectivity index (χ4v) is 4.09. The van der Waals surface area contributed by atoms with E-state index in [1.54, 1.807) is 23.5 Å². The molecule has 2 aromatic rings. The van der Waals surface area contributed by atoms with Crippen molar-refractivity contribution in [1.82, 2.24) is 0 Å². The first kappa shape index (κ1) is 16.0. The molecule has 110 valence electrons. The number of hydrogen-bond donors (Lipinski definition) is 2. The maximum atomic E-state index is 7.86. The molecule has 21 heavy (non-hydrogen) atoms. The summed E-state index contributed by atoms with van der Waals surface area (Å²) in [5.41, 5.74) is 9.24. The molecule has 0 aliphatic carbocycles. The van der Waals surface area contributed by atoms with Gasteiger partial charge in [0.15, 0.2) is 0 Å². The van der Waals surface area contributed by atoms with Crippen LogP contribution in [0.3, 0.4) is 0 Å². The summed E-state index contributed by atoms with van der Waals surface area (Å²) in [6, 6.07) is 14.7. The normalized spacial score (nSPS) is 10.6. The van der Waals surface area contributed by atoms with Crippen molar-refractivity contribution in [2.75, 3.05) is 5.75 Å². The van der Waals surface area contributed by atoms with Gasteiger partial charge in [-0.2, -0.15) is 0 Å². The van der Waals surface area contributed by atoms with Crippen LogP contribution in [0.1, 0.15) is 23.6 Å². The first-order valence-corrected chi connectivity index (χ1v) is 8.87. The summed E-state index contributed by atoms with van der Waals surface area (Å²) < 4.78 is 0. The van der Waals surface area contributed by atoms with E-state index in [1.165, 1.54) is 11.1 Å². The Morgan fingerprint density at radius 3 is 2.38 bits per heavy atom. The van der Waals surface area contributed by atoms with Gasteiger partial charge in [0, 0.05) is 21.1 Å². The van der Waals surface area contributed by atoms with Gasteiger partial charge in [-0.1, -0.05) is 42.8 Å². The van der Waals surface area contributed by atoms with E-state index in [-0.39, 0.29) is 5.84 Å². The molecule has 0 radical (unpaired) electrons. The second-order valence-corrected chi connectivity index (χ2v) is 7.08. The van der Waals surface area contributed by atoms with Crippen LogP contribution in [-0.4, -0.2) is 11.6 Å². The lowest BCUT2D eigenvalue weighted by Crippen LogP contribution is -2.13. The van der Waals surface area contributed by atoms with Crippen molar-refractivity contribution in [3.05, 3.63) is 59.2 Å². The van der Waals surface area contributed by atoms with E-state index < -0.39 is 0 Å². The lowest BCUT2D eigenvalue weighted by atomic mass is 10.2. The maximum absolute atomic E-state index is 7.86. The third-order valence-corrected chi connectivity index (χ3v) is 5.10. The summed E-state index contributed by atoms with van der Waals surface area (Å²) in [4.78, 5) is 2.18. The monoisotopic (exact) mass is 316 g/mol. The van der Waals surface area contributed by atoms with E-state index in [2.05, 4.69) is 44.2 Å². The van der Waals surface area contributed by atoms with E-state index in [0.29, 0.717) is 0 Å². The van der Waals surface area contributed by atoms with Gasteiger partial charge in [-0.15, -0.1) is 23.5 Å². The highest BCUT2D eigenvalue weighted by molar-refractivity contribution is 7.99. The van der Waals surface area contributed by atoms with Crippen LogP contribution in [0.2, 0.25) is 0 Å². The molecule has 0 bridgehead atoms. The third-order valence-electron chi connectivity index (χ3n) is 3.03. The van der Waals surface area contributed by atoms with Crippen molar-refractivity contribution in [1.29, 1.82) is 5.41 Å². The summed E-state index contributed by atoms with van der Waals surface area (Å²) in [6.07, 6.45) is 0. The quantitative estimate of drug-likeness (QED) is 0.462. The van der Waals surface area contributed by atoms with Gasteiger partial charge in [0.1, 0.15) is 5.84 Å². The fraction of sp³-hybridized carbons (Fsp3) is 0.235. The molecule has 0 fully saturated rings. The van der Waals surface area contributed by atoms with Gasteiger partial charge >= 0.3 is 0 Å². The van der Waals surface area contributed by atoms with Crippen molar-refractivity contribution in [2.24, 2.45) is 5.73 Å². The molecular formula is C17H20N2S2. The zero-order chi connectivity index (χ0) is 15.2. The highest BCUT2D eigenvalue weighted by Crippen LogP contribution is 2.32. The van der Waals surface area contributed by atoms with Crippen LogP contribution in [-0.2, 0) is 5.75 Å². The van der Waals surface area contributed by atoms with Crippen molar-refractivity contribution in [3.8, 4) is 0 Å². The Morgan fingerprint density at radius 1 is 1.10 bits per heavy atom. The third kappa shape index (κ3) is 4.29. The zero-order valence-corrected chi connectivity index (χ0v) is 14.0. The van der Waals surface area contributed by atoms with Crippen molar-refractivity contribution in [3.63, 3.8) is 0 Å². The molecule has 3 N–H and O–H groups in total. The Balaban J connectivity index is 2.23. The summed E-state index contributed by atoms with van der Waals surface area (Å²) in [5, 5.41) is 7.86. The molecule has 0 atom stereocenters. The second kappa shape index (κ2) is 7.57. The zero-order valence-electron chi connectivity index (χ0n) is 12.3. The molecule has 0 saturated heterocycles. The molecular weight excluding hydrogens is 296 g/mol. The van der Waals surface area contributed by atoms with Crippen LogP contribution in [0, 0.1) is 12.3 Å². The van der Waals surface area contributed by atoms with Gasteiger partial charge in [-0.05, 0) is 30.4 Å². The van der Waals surface area contributed by atoms with E-state index in [9.17, 15) is 0 Å². The first-order chi connectivity index (χ1) is 10.1. The topological polar surface area (TPSA) is 49.9 Å². The summed E-state index contributed by atoms with van der Waals surface area (Å²) in [6.45, 7) is 4.22. The molecule has 0 spiro atoms. The molecule has 4 heteroatoms. The Morgan fingerprint density at radius 2 is 1.76 bits per heavy atom. The Kier molecular flexibility index (Phi) is 5.76. The van der Waals surface area contributed by atoms with Gasteiger partial charge in [0.25, 0.3) is 0 Å². The fourth-order valence-electron chi connectivity index (χ4n) is 2.14. The highest BCUT2D eigenvalue weighted by Gasteiger charge is 2.12. The van der Waals surface area contributed by atoms with Gasteiger partial charge in [0.05, 0.1) is 0 Å². The molecule has 0 saturated carbocycles. The van der Waals surface area contributed by atoms with Crippen molar-refractivity contribution >= 4 is 29.4 Å². The van der Waals surface area contributed by atoms with Crippen molar-refractivity contribution in [2.45, 2.75) is 29.4 Å². The van der Waals surface area contributed by atoms with Crippen LogP contribution in [0.5, 0.6) is 0 Å². The lowest BCUT2D eigenvalue weighted by molar-refractivity contribution is 1.24. The van der Waals surface area contributed by atoms with Crippen LogP contribution < -0.4 is 5.73 Å². The number of nitrogens with two attached hydrogens (primary N) is 1. The van der Waals surface area contributed by atoms with Gasteiger partial charge in [-0.3, -0.25) is 5.41 Å². The summed E-state index contributed by atoms with van der Waals surface area (Å²) in [7, 11) is 0. The minimum Gasteiger partial charge on any atom is -0.384 e. The van der Waals surface area contributed by atoms with Crippen LogP contribution >= 0.6 is 23.5 Å². The molecule has 2 nitrogen and oxygen atoms in total. The largest absolute Gasteiger partial charge is 0.384 e. The summed E-state index contributed by atoms with van der Waals surface area (Å²) >= 11 is 3.48. The lowest BCUT2D eigenvalue weighted by Gasteiger charge is -2.12. The Hall–Kier alpha value is -1.39. The average molecular weight is 316 g/mol. The van der Waals surface area contributed by atoms with Crippen LogP contribution in [0.25, 0.3) is 0 Å². The van der Waals surface area contributed by atoms with Gasteiger partial charge in [0.2, 0.25) is 0 Å². The van der Waals surface area contributed by atoms with Crippen molar-refractivity contribution < 1.29 is 0 Å². The molecule has 0 aliphatic heterocycles. The van der Waals surface area contributed by atoms with Crippen LogP contribution in [0.15, 0.2) is 52.3 Å². The Labute approximate surface area is 135 Å². The number of rotatable bonds is 6. The van der Waals surface area contributed by atoms with E-state index >= 15 is 0 Å². The van der Waals surface area contributed by atoms with E-state index in [4.69, 9.17) is 11.1 Å². The van der Waals surface area contributed by atoms with E-state index in [0.717, 1.165) is 26.9 Å². The predicted molar refractivity (Wildman–Crippen MR) is 94.6 cm³/mol. The molecule has 2 aromatic carbocycles. The molecule has 0 unspecified atom stereocenters. The number of nitrogen functional groups attached to an aromatic ring is 1. The molecule has 2 rings (SSSR count). The average Bonchev–Trinajstić information content (AvgIpc) is 2.45. The number of aryl methyl sites for hydroxylation is 1. The SMILES string of the molecule is CCSc1cccc(SCc2cccc(C)c2)c1C(=N)N. The number of thioether (sulfide) groups is 2. The highest BCUT2D eigenvalue weighted by atomic mass is 32.2. The standard InChI is InChI=1S/C17H20N2S2/c1-3-20-14-8-5-9-15(16(14)17(18)19)21-11-13-7-4-6-12(2)10-13/h4-10H,3,11H2,1-2H3,(H3,18,19). The van der Waals surface area contributed by atoms with Crippen LogP contribution in [0.4, 0.5) is 0 Å². The Bertz CT molecular complexity index is 638. The number of amidine groups is 1. The second-order valence-electron chi connectivity index (χ2n) is 4.75.